The summed E-state index contributed by atoms with van der Waals surface area (Å²) in [7, 11) is 0. The Morgan fingerprint density at radius 1 is 1.09 bits per heavy atom. The van der Waals surface area contributed by atoms with Crippen LogP contribution in [0.3, 0.4) is 0 Å². The molecule has 0 aliphatic carbocycles. The lowest BCUT2D eigenvalue weighted by atomic mass is 9.85. The van der Waals surface area contributed by atoms with Gasteiger partial charge >= 0.3 is 5.97 Å². The van der Waals surface area contributed by atoms with Gasteiger partial charge in [0.15, 0.2) is 5.69 Å². The van der Waals surface area contributed by atoms with Crippen LogP contribution in [0.4, 0.5) is 5.69 Å². The fourth-order valence-corrected chi connectivity index (χ4v) is 5.20. The number of fused-ring (bicyclic) bond motifs is 1. The zero-order chi connectivity index (χ0) is 24.7. The Morgan fingerprint density at radius 2 is 1.80 bits per heavy atom. The third-order valence-corrected chi connectivity index (χ3v) is 7.16. The Kier molecular flexibility index (Phi) is 5.81. The van der Waals surface area contributed by atoms with Gasteiger partial charge in [-0.2, -0.15) is 5.10 Å². The molecule has 1 N–H and O–H groups in total. The van der Waals surface area contributed by atoms with Gasteiger partial charge in [0, 0.05) is 11.3 Å². The Hall–Kier alpha value is -3.71. The van der Waals surface area contributed by atoms with E-state index >= 15 is 0 Å². The number of nitrogens with one attached hydrogen (secondary N) is 1. The third kappa shape index (κ3) is 4.06. The number of rotatable bonds is 5. The van der Waals surface area contributed by atoms with Gasteiger partial charge < -0.3 is 4.74 Å². The predicted octanol–water partition coefficient (Wildman–Crippen LogP) is 6.36. The monoisotopic (exact) mass is 485 g/mol. The smallest absolute Gasteiger partial charge is 0.338 e. The molecule has 1 amide bonds. The molecule has 3 heterocycles. The largest absolute Gasteiger partial charge is 0.462 e. The number of carbonyl (C=O) groups is 2. The highest BCUT2D eigenvalue weighted by atomic mass is 32.1. The summed E-state index contributed by atoms with van der Waals surface area (Å²) in [6.07, 6.45) is 0. The topological polar surface area (TPSA) is 75.3 Å². The van der Waals surface area contributed by atoms with Gasteiger partial charge in [-0.05, 0) is 59.2 Å². The van der Waals surface area contributed by atoms with E-state index in [2.05, 4.69) is 55.2 Å². The van der Waals surface area contributed by atoms with Gasteiger partial charge in [-0.25, -0.2) is 4.79 Å². The van der Waals surface area contributed by atoms with Crippen molar-refractivity contribution in [2.75, 3.05) is 11.5 Å². The molecule has 0 bridgehead atoms. The van der Waals surface area contributed by atoms with Crippen LogP contribution in [0, 0.1) is 0 Å². The summed E-state index contributed by atoms with van der Waals surface area (Å²) >= 11 is 1.61. The molecule has 178 valence electrons. The second kappa shape index (κ2) is 8.82. The number of hydrogen-bond donors (Lipinski definition) is 1. The van der Waals surface area contributed by atoms with E-state index in [9.17, 15) is 9.59 Å². The summed E-state index contributed by atoms with van der Waals surface area (Å²) in [6.45, 7) is 8.63. The molecular weight excluding hydrogens is 458 g/mol. The van der Waals surface area contributed by atoms with E-state index in [0.717, 1.165) is 21.7 Å². The maximum Gasteiger partial charge on any atom is 0.338 e. The first kappa shape index (κ1) is 23.1. The first-order valence-corrected chi connectivity index (χ1v) is 12.5. The number of aromatic nitrogens is 2. The van der Waals surface area contributed by atoms with Crippen molar-refractivity contribution in [3.63, 3.8) is 0 Å². The van der Waals surface area contributed by atoms with Crippen molar-refractivity contribution in [2.45, 2.75) is 39.2 Å². The van der Waals surface area contributed by atoms with Gasteiger partial charge in [0.1, 0.15) is 0 Å². The quantitative estimate of drug-likeness (QED) is 0.334. The molecule has 1 aliphatic rings. The lowest BCUT2D eigenvalue weighted by molar-refractivity contribution is 0.0526. The second-order valence-electron chi connectivity index (χ2n) is 9.56. The van der Waals surface area contributed by atoms with E-state index in [-0.39, 0.29) is 23.3 Å². The van der Waals surface area contributed by atoms with Crippen molar-refractivity contribution in [2.24, 2.45) is 0 Å². The second-order valence-corrected chi connectivity index (χ2v) is 10.5. The van der Waals surface area contributed by atoms with Crippen LogP contribution >= 0.6 is 11.3 Å². The number of esters is 1. The molecule has 5 rings (SSSR count). The molecule has 7 heteroatoms. The van der Waals surface area contributed by atoms with Gasteiger partial charge in [-0.15, -0.1) is 11.3 Å². The molecule has 35 heavy (non-hydrogen) atoms. The number of carbonyl (C=O) groups excluding carboxylic acids is 2. The van der Waals surface area contributed by atoms with Gasteiger partial charge in [0.05, 0.1) is 28.8 Å². The van der Waals surface area contributed by atoms with Crippen molar-refractivity contribution >= 4 is 28.9 Å². The number of ether oxygens (including phenoxy) is 1. The van der Waals surface area contributed by atoms with Crippen LogP contribution in [0.25, 0.3) is 10.6 Å². The number of thiophene rings is 1. The number of hydrogen-bond acceptors (Lipinski definition) is 5. The summed E-state index contributed by atoms with van der Waals surface area (Å²) in [6, 6.07) is 19.1. The standard InChI is InChI=1S/C28H27N3O3S/c1-5-34-27(33)18-10-14-20(15-11-18)31-25(17-8-12-19(13-9-17)28(2,3)4)22-23(21-7-6-16-35-21)29-30-24(22)26(31)32/h6-16,25H,5H2,1-4H3,(H,29,30)/t25-/m0/s1. The van der Waals surface area contributed by atoms with Crippen molar-refractivity contribution < 1.29 is 14.3 Å². The molecular formula is C28H27N3O3S. The van der Waals surface area contributed by atoms with E-state index in [1.54, 1.807) is 47.4 Å². The number of H-pyrrole nitrogens is 1. The average Bonchev–Trinajstić information content (AvgIpc) is 3.57. The van der Waals surface area contributed by atoms with E-state index < -0.39 is 0 Å². The average molecular weight is 486 g/mol. The summed E-state index contributed by atoms with van der Waals surface area (Å²) in [5, 5.41) is 9.55. The molecule has 0 saturated heterocycles. The van der Waals surface area contributed by atoms with Gasteiger partial charge in [-0.3, -0.25) is 14.8 Å². The molecule has 0 fully saturated rings. The van der Waals surface area contributed by atoms with Crippen molar-refractivity contribution in [1.82, 2.24) is 10.2 Å². The molecule has 0 spiro atoms. The molecule has 0 unspecified atom stereocenters. The van der Waals surface area contributed by atoms with E-state index in [0.29, 0.717) is 23.6 Å². The van der Waals surface area contributed by atoms with Gasteiger partial charge in [0.2, 0.25) is 0 Å². The highest BCUT2D eigenvalue weighted by molar-refractivity contribution is 7.13. The predicted molar refractivity (Wildman–Crippen MR) is 138 cm³/mol. The summed E-state index contributed by atoms with van der Waals surface area (Å²) in [5.41, 5.74) is 5.55. The first-order chi connectivity index (χ1) is 16.8. The first-order valence-electron chi connectivity index (χ1n) is 11.6. The van der Waals surface area contributed by atoms with Gasteiger partial charge in [0.25, 0.3) is 5.91 Å². The van der Waals surface area contributed by atoms with Crippen LogP contribution in [0.15, 0.2) is 66.0 Å². The van der Waals surface area contributed by atoms with Gasteiger partial charge in [-0.1, -0.05) is 51.1 Å². The van der Waals surface area contributed by atoms with Crippen LogP contribution in [-0.4, -0.2) is 28.7 Å². The number of aromatic amines is 1. The number of nitrogens with zero attached hydrogens (tertiary/aromatic N) is 2. The van der Waals surface area contributed by atoms with E-state index in [4.69, 9.17) is 4.74 Å². The lowest BCUT2D eigenvalue weighted by Crippen LogP contribution is -2.29. The minimum atomic E-state index is -0.380. The maximum atomic E-state index is 13.7. The fourth-order valence-electron chi connectivity index (χ4n) is 4.47. The molecule has 4 aromatic rings. The summed E-state index contributed by atoms with van der Waals surface area (Å²) < 4.78 is 5.11. The Morgan fingerprint density at radius 3 is 2.40 bits per heavy atom. The van der Waals surface area contributed by atoms with Crippen LogP contribution in [-0.2, 0) is 10.2 Å². The van der Waals surface area contributed by atoms with Crippen LogP contribution < -0.4 is 4.90 Å². The van der Waals surface area contributed by atoms with Crippen molar-refractivity contribution in [1.29, 1.82) is 0 Å². The third-order valence-electron chi connectivity index (χ3n) is 6.27. The summed E-state index contributed by atoms with van der Waals surface area (Å²) in [4.78, 5) is 28.6. The minimum absolute atomic E-state index is 0.0234. The minimum Gasteiger partial charge on any atom is -0.462 e. The zero-order valence-corrected chi connectivity index (χ0v) is 21.0. The molecule has 1 atom stereocenters. The van der Waals surface area contributed by atoms with Crippen LogP contribution in [0.5, 0.6) is 0 Å². The zero-order valence-electron chi connectivity index (χ0n) is 20.2. The molecule has 0 radical (unpaired) electrons. The van der Waals surface area contributed by atoms with Crippen molar-refractivity contribution in [3.05, 3.63) is 94.0 Å². The Bertz CT molecular complexity index is 1360. The number of benzene rings is 2. The van der Waals surface area contributed by atoms with E-state index in [1.165, 1.54) is 5.56 Å². The highest BCUT2D eigenvalue weighted by Gasteiger charge is 2.43. The molecule has 6 nitrogen and oxygen atoms in total. The Labute approximate surface area is 208 Å². The van der Waals surface area contributed by atoms with Crippen molar-refractivity contribution in [3.8, 4) is 10.6 Å². The highest BCUT2D eigenvalue weighted by Crippen LogP contribution is 2.46. The van der Waals surface area contributed by atoms with E-state index in [1.807, 2.05) is 17.5 Å². The number of amides is 1. The lowest BCUT2D eigenvalue weighted by Gasteiger charge is -2.27. The molecule has 0 saturated carbocycles. The van der Waals surface area contributed by atoms with Crippen LogP contribution in [0.2, 0.25) is 0 Å². The molecule has 1 aliphatic heterocycles. The van der Waals surface area contributed by atoms with Crippen LogP contribution in [0.1, 0.15) is 71.3 Å². The Balaban J connectivity index is 1.62. The summed E-state index contributed by atoms with van der Waals surface area (Å²) in [5.74, 6) is -0.554. The molecule has 2 aromatic carbocycles. The SMILES string of the molecule is CCOC(=O)c1ccc(N2C(=O)c3n[nH]c(-c4cccs4)c3[C@@H]2c2ccc(C(C)(C)C)cc2)cc1. The number of anilines is 1. The normalized spacial score (nSPS) is 15.4. The maximum absolute atomic E-state index is 13.7. The fraction of sp³-hybridized carbons (Fsp3) is 0.250. The molecule has 2 aromatic heterocycles.